The molecule has 1 aromatic carbocycles. The van der Waals surface area contributed by atoms with Crippen molar-refractivity contribution in [2.45, 2.75) is 38.6 Å². The van der Waals surface area contributed by atoms with Gasteiger partial charge < -0.3 is 5.32 Å². The lowest BCUT2D eigenvalue weighted by Crippen LogP contribution is -2.31. The van der Waals surface area contributed by atoms with Crippen molar-refractivity contribution in [2.75, 3.05) is 0 Å². The van der Waals surface area contributed by atoms with Gasteiger partial charge in [0, 0.05) is 23.3 Å². The normalized spacial score (nSPS) is 14.0. The van der Waals surface area contributed by atoms with E-state index in [1.807, 2.05) is 0 Å². The Morgan fingerprint density at radius 2 is 2.12 bits per heavy atom. The van der Waals surface area contributed by atoms with E-state index in [4.69, 9.17) is 0 Å². The fourth-order valence-electron chi connectivity index (χ4n) is 3.33. The van der Waals surface area contributed by atoms with Crippen LogP contribution in [-0.2, 0) is 19.4 Å². The molecule has 0 spiro atoms. The van der Waals surface area contributed by atoms with E-state index in [9.17, 15) is 14.0 Å². The van der Waals surface area contributed by atoms with Crippen molar-refractivity contribution in [2.24, 2.45) is 0 Å². The number of thiazole rings is 1. The average molecular weight is 371 g/mol. The maximum atomic E-state index is 13.2. The van der Waals surface area contributed by atoms with E-state index in [1.165, 1.54) is 34.5 Å². The highest BCUT2D eigenvalue weighted by molar-refractivity contribution is 7.17. The lowest BCUT2D eigenvalue weighted by molar-refractivity contribution is 0.0949. The quantitative estimate of drug-likeness (QED) is 0.720. The second-order valence-corrected chi connectivity index (χ2v) is 7.50. The average Bonchev–Trinajstić information content (AvgIpc) is 2.83. The highest BCUT2D eigenvalue weighted by atomic mass is 32.1. The molecule has 5 nitrogen and oxygen atoms in total. The van der Waals surface area contributed by atoms with Gasteiger partial charge >= 0.3 is 0 Å². The Morgan fingerprint density at radius 3 is 2.96 bits per heavy atom. The highest BCUT2D eigenvalue weighted by Crippen LogP contribution is 2.27. The number of hydrogen-bond donors (Lipinski definition) is 1. The molecule has 0 fully saturated rings. The molecule has 2 heterocycles. The third-order valence-electron chi connectivity index (χ3n) is 4.64. The van der Waals surface area contributed by atoms with E-state index in [1.54, 1.807) is 16.5 Å². The van der Waals surface area contributed by atoms with E-state index in [0.29, 0.717) is 10.5 Å². The number of nitrogens with one attached hydrogen (secondary N) is 1. The summed E-state index contributed by atoms with van der Waals surface area (Å²) in [4.78, 5) is 31.5. The summed E-state index contributed by atoms with van der Waals surface area (Å²) in [5.41, 5.74) is 1.33. The van der Waals surface area contributed by atoms with Gasteiger partial charge in [-0.2, -0.15) is 0 Å². The van der Waals surface area contributed by atoms with Gasteiger partial charge in [-0.25, -0.2) is 9.37 Å². The zero-order chi connectivity index (χ0) is 18.1. The van der Waals surface area contributed by atoms with Gasteiger partial charge in [0.15, 0.2) is 4.96 Å². The SMILES string of the molecule is O=C(NCc1cccc(F)c1)c1cnc2sc3c(n2c1=O)CCCCC3. The van der Waals surface area contributed by atoms with Crippen LogP contribution in [0.5, 0.6) is 0 Å². The van der Waals surface area contributed by atoms with Crippen LogP contribution in [0.3, 0.4) is 0 Å². The number of carbonyl (C=O) groups excluding carboxylic acids is 1. The number of nitrogens with zero attached hydrogens (tertiary/aromatic N) is 2. The van der Waals surface area contributed by atoms with E-state index in [0.717, 1.165) is 37.8 Å². The van der Waals surface area contributed by atoms with Crippen LogP contribution < -0.4 is 10.9 Å². The van der Waals surface area contributed by atoms with Crippen molar-refractivity contribution in [3.63, 3.8) is 0 Å². The van der Waals surface area contributed by atoms with Crippen molar-refractivity contribution in [3.05, 3.63) is 68.3 Å². The Balaban J connectivity index is 1.64. The zero-order valence-corrected chi connectivity index (χ0v) is 14.9. The molecule has 0 bridgehead atoms. The summed E-state index contributed by atoms with van der Waals surface area (Å²) >= 11 is 1.54. The molecule has 0 saturated heterocycles. The van der Waals surface area contributed by atoms with Crippen LogP contribution in [0.4, 0.5) is 4.39 Å². The third-order valence-corrected chi connectivity index (χ3v) is 5.80. The molecule has 2 aromatic heterocycles. The van der Waals surface area contributed by atoms with Crippen molar-refractivity contribution in [3.8, 4) is 0 Å². The Labute approximate surface area is 153 Å². The molecule has 7 heteroatoms. The number of amides is 1. The number of rotatable bonds is 3. The fraction of sp³-hybridized carbons (Fsp3) is 0.316. The van der Waals surface area contributed by atoms with Crippen LogP contribution in [0.25, 0.3) is 4.96 Å². The predicted octanol–water partition coefficient (Wildman–Crippen LogP) is 3.09. The number of halogens is 1. The molecular weight excluding hydrogens is 353 g/mol. The Morgan fingerprint density at radius 1 is 1.27 bits per heavy atom. The number of hydrogen-bond acceptors (Lipinski definition) is 4. The van der Waals surface area contributed by atoms with Crippen molar-refractivity contribution < 1.29 is 9.18 Å². The summed E-state index contributed by atoms with van der Waals surface area (Å²) in [6.45, 7) is 0.153. The van der Waals surface area contributed by atoms with Crippen LogP contribution in [0.2, 0.25) is 0 Å². The summed E-state index contributed by atoms with van der Waals surface area (Å²) in [5.74, 6) is -0.851. The topological polar surface area (TPSA) is 63.5 Å². The molecule has 1 amide bonds. The van der Waals surface area contributed by atoms with Crippen LogP contribution in [0.1, 0.15) is 45.8 Å². The molecule has 0 aliphatic heterocycles. The van der Waals surface area contributed by atoms with Gasteiger partial charge in [0.2, 0.25) is 0 Å². The Kier molecular flexibility index (Phi) is 4.55. The first-order valence-corrected chi connectivity index (χ1v) is 9.50. The largest absolute Gasteiger partial charge is 0.348 e. The zero-order valence-electron chi connectivity index (χ0n) is 14.1. The Hall–Kier alpha value is -2.54. The highest BCUT2D eigenvalue weighted by Gasteiger charge is 2.20. The second kappa shape index (κ2) is 6.99. The lowest BCUT2D eigenvalue weighted by Gasteiger charge is -2.06. The van der Waals surface area contributed by atoms with Gasteiger partial charge in [0.1, 0.15) is 11.4 Å². The molecule has 0 atom stereocenters. The van der Waals surface area contributed by atoms with Gasteiger partial charge in [0.05, 0.1) is 0 Å². The van der Waals surface area contributed by atoms with E-state index >= 15 is 0 Å². The Bertz CT molecular complexity index is 1040. The van der Waals surface area contributed by atoms with Crippen LogP contribution in [0.15, 0.2) is 35.3 Å². The van der Waals surface area contributed by atoms with Gasteiger partial charge in [-0.05, 0) is 43.4 Å². The number of carbonyl (C=O) groups is 1. The minimum absolute atomic E-state index is 0.0174. The second-order valence-electron chi connectivity index (χ2n) is 6.44. The summed E-state index contributed by atoms with van der Waals surface area (Å²) < 4.78 is 14.8. The molecule has 1 N–H and O–H groups in total. The summed E-state index contributed by atoms with van der Waals surface area (Å²) in [5, 5.41) is 2.68. The molecule has 134 valence electrons. The van der Waals surface area contributed by atoms with Crippen LogP contribution in [0, 0.1) is 5.82 Å². The number of aryl methyl sites for hydroxylation is 2. The number of fused-ring (bicyclic) bond motifs is 3. The predicted molar refractivity (Wildman–Crippen MR) is 98.2 cm³/mol. The van der Waals surface area contributed by atoms with Crippen molar-refractivity contribution in [1.29, 1.82) is 0 Å². The molecule has 0 unspecified atom stereocenters. The van der Waals surface area contributed by atoms with Gasteiger partial charge in [-0.15, -0.1) is 11.3 Å². The maximum Gasteiger partial charge on any atom is 0.271 e. The molecule has 4 rings (SSSR count). The molecule has 1 aliphatic carbocycles. The lowest BCUT2D eigenvalue weighted by atomic mass is 10.2. The fourth-order valence-corrected chi connectivity index (χ4v) is 4.49. The summed E-state index contributed by atoms with van der Waals surface area (Å²) in [7, 11) is 0. The molecule has 26 heavy (non-hydrogen) atoms. The smallest absolute Gasteiger partial charge is 0.271 e. The van der Waals surface area contributed by atoms with Crippen molar-refractivity contribution in [1.82, 2.24) is 14.7 Å². The van der Waals surface area contributed by atoms with Gasteiger partial charge in [-0.3, -0.25) is 14.0 Å². The first-order valence-electron chi connectivity index (χ1n) is 8.68. The first kappa shape index (κ1) is 16.9. The third kappa shape index (κ3) is 3.14. The van der Waals surface area contributed by atoms with E-state index in [2.05, 4.69) is 10.3 Å². The number of aromatic nitrogens is 2. The summed E-state index contributed by atoms with van der Waals surface area (Å²) in [6, 6.07) is 6.00. The van der Waals surface area contributed by atoms with Gasteiger partial charge in [0.25, 0.3) is 11.5 Å². The first-order chi connectivity index (χ1) is 12.6. The maximum absolute atomic E-state index is 13.2. The van der Waals surface area contributed by atoms with Crippen molar-refractivity contribution >= 4 is 22.2 Å². The molecule has 0 radical (unpaired) electrons. The standard InChI is InChI=1S/C19H18FN3O2S/c20-13-6-4-5-12(9-13)10-21-17(24)14-11-22-19-23(18(14)25)15-7-2-1-3-8-16(15)26-19/h4-6,9,11H,1-3,7-8,10H2,(H,21,24). The van der Waals surface area contributed by atoms with Crippen LogP contribution in [-0.4, -0.2) is 15.3 Å². The molecule has 0 saturated carbocycles. The monoisotopic (exact) mass is 371 g/mol. The van der Waals surface area contributed by atoms with E-state index < -0.39 is 5.91 Å². The summed E-state index contributed by atoms with van der Waals surface area (Å²) in [6.07, 6.45) is 6.46. The minimum Gasteiger partial charge on any atom is -0.348 e. The minimum atomic E-state index is -0.491. The number of benzene rings is 1. The van der Waals surface area contributed by atoms with Crippen LogP contribution >= 0.6 is 11.3 Å². The molecule has 1 aliphatic rings. The molecule has 3 aromatic rings. The molecular formula is C19H18FN3O2S. The van der Waals surface area contributed by atoms with E-state index in [-0.39, 0.29) is 23.5 Å². The van der Waals surface area contributed by atoms with Gasteiger partial charge in [-0.1, -0.05) is 18.6 Å².